The van der Waals surface area contributed by atoms with Crippen LogP contribution in [0.15, 0.2) is 11.6 Å². The average molecular weight is 182 g/mol. The molecule has 2 heteroatoms. The fourth-order valence-electron chi connectivity index (χ4n) is 2.16. The zero-order chi connectivity index (χ0) is 10.1. The highest BCUT2D eigenvalue weighted by Crippen LogP contribution is 2.40. The Labute approximate surface area is 80.0 Å². The topological polar surface area (TPSA) is 26.3 Å². The molecule has 0 aromatic heterocycles. The molecule has 0 bridgehead atoms. The maximum absolute atomic E-state index is 10.9. The molecular formula is C11H18O2. The van der Waals surface area contributed by atoms with Gasteiger partial charge in [-0.05, 0) is 18.8 Å². The van der Waals surface area contributed by atoms with Crippen molar-refractivity contribution in [3.05, 3.63) is 11.6 Å². The summed E-state index contributed by atoms with van der Waals surface area (Å²) in [7, 11) is 1.71. The van der Waals surface area contributed by atoms with Crippen LogP contribution in [0.2, 0.25) is 0 Å². The molecule has 1 rings (SSSR count). The molecule has 0 saturated carbocycles. The van der Waals surface area contributed by atoms with Crippen molar-refractivity contribution in [1.82, 2.24) is 0 Å². The lowest BCUT2D eigenvalue weighted by Gasteiger charge is -2.38. The fourth-order valence-corrected chi connectivity index (χ4v) is 2.16. The van der Waals surface area contributed by atoms with Crippen LogP contribution in [0.5, 0.6) is 0 Å². The molecule has 0 amide bonds. The molecule has 0 heterocycles. The van der Waals surface area contributed by atoms with Crippen molar-refractivity contribution >= 4 is 6.29 Å². The summed E-state index contributed by atoms with van der Waals surface area (Å²) >= 11 is 0. The maximum Gasteiger partial charge on any atom is 0.127 e. The SMILES string of the molecule is COC1C=C(C)C(C=O)C(C)(C)C1. The summed E-state index contributed by atoms with van der Waals surface area (Å²) < 4.78 is 5.30. The van der Waals surface area contributed by atoms with Gasteiger partial charge in [0, 0.05) is 13.0 Å². The third-order valence-electron chi connectivity index (χ3n) is 2.95. The van der Waals surface area contributed by atoms with Gasteiger partial charge >= 0.3 is 0 Å². The highest BCUT2D eigenvalue weighted by molar-refractivity contribution is 5.60. The van der Waals surface area contributed by atoms with Crippen molar-refractivity contribution in [2.75, 3.05) is 7.11 Å². The van der Waals surface area contributed by atoms with E-state index in [-0.39, 0.29) is 17.4 Å². The second kappa shape index (κ2) is 3.62. The van der Waals surface area contributed by atoms with Gasteiger partial charge in [-0.1, -0.05) is 25.5 Å². The third-order valence-corrected chi connectivity index (χ3v) is 2.95. The number of ether oxygens (including phenoxy) is 1. The summed E-state index contributed by atoms with van der Waals surface area (Å²) in [5, 5.41) is 0. The Morgan fingerprint density at radius 3 is 2.62 bits per heavy atom. The minimum Gasteiger partial charge on any atom is -0.377 e. The van der Waals surface area contributed by atoms with Gasteiger partial charge in [0.2, 0.25) is 0 Å². The number of hydrogen-bond acceptors (Lipinski definition) is 2. The van der Waals surface area contributed by atoms with Crippen LogP contribution in [0.4, 0.5) is 0 Å². The Balaban J connectivity index is 2.93. The summed E-state index contributed by atoms with van der Waals surface area (Å²) in [5.74, 6) is 0.0545. The molecule has 0 aromatic rings. The fraction of sp³-hybridized carbons (Fsp3) is 0.727. The van der Waals surface area contributed by atoms with Crippen molar-refractivity contribution in [2.24, 2.45) is 11.3 Å². The minimum absolute atomic E-state index is 0.0290. The Hall–Kier alpha value is -0.630. The zero-order valence-electron chi connectivity index (χ0n) is 8.83. The molecular weight excluding hydrogens is 164 g/mol. The van der Waals surface area contributed by atoms with E-state index in [1.54, 1.807) is 7.11 Å². The second-order valence-electron chi connectivity index (χ2n) is 4.49. The average Bonchev–Trinajstić information content (AvgIpc) is 2.02. The van der Waals surface area contributed by atoms with Gasteiger partial charge in [-0.25, -0.2) is 0 Å². The highest BCUT2D eigenvalue weighted by atomic mass is 16.5. The quantitative estimate of drug-likeness (QED) is 0.483. The van der Waals surface area contributed by atoms with Gasteiger partial charge in [0.25, 0.3) is 0 Å². The molecule has 0 fully saturated rings. The zero-order valence-corrected chi connectivity index (χ0v) is 8.83. The van der Waals surface area contributed by atoms with E-state index < -0.39 is 0 Å². The van der Waals surface area contributed by atoms with Crippen LogP contribution in [0.3, 0.4) is 0 Å². The Morgan fingerprint density at radius 1 is 1.62 bits per heavy atom. The molecule has 1 aliphatic rings. The number of allylic oxidation sites excluding steroid dienone is 1. The predicted molar refractivity (Wildman–Crippen MR) is 52.5 cm³/mol. The van der Waals surface area contributed by atoms with Gasteiger partial charge < -0.3 is 9.53 Å². The lowest BCUT2D eigenvalue weighted by Crippen LogP contribution is -2.35. The van der Waals surface area contributed by atoms with Crippen LogP contribution in [-0.2, 0) is 9.53 Å². The van der Waals surface area contributed by atoms with Gasteiger partial charge in [-0.15, -0.1) is 0 Å². The summed E-state index contributed by atoms with van der Waals surface area (Å²) in [6.07, 6.45) is 4.21. The van der Waals surface area contributed by atoms with Crippen LogP contribution in [-0.4, -0.2) is 19.5 Å². The summed E-state index contributed by atoms with van der Waals surface area (Å²) in [4.78, 5) is 10.9. The van der Waals surface area contributed by atoms with Crippen molar-refractivity contribution in [2.45, 2.75) is 33.3 Å². The molecule has 0 radical (unpaired) electrons. The highest BCUT2D eigenvalue weighted by Gasteiger charge is 2.36. The van der Waals surface area contributed by atoms with E-state index in [1.807, 2.05) is 6.92 Å². The van der Waals surface area contributed by atoms with Crippen LogP contribution in [0.25, 0.3) is 0 Å². The number of hydrogen-bond donors (Lipinski definition) is 0. The van der Waals surface area contributed by atoms with Gasteiger partial charge in [-0.3, -0.25) is 0 Å². The van der Waals surface area contributed by atoms with Crippen molar-refractivity contribution in [1.29, 1.82) is 0 Å². The van der Waals surface area contributed by atoms with Gasteiger partial charge in [0.15, 0.2) is 0 Å². The molecule has 2 atom stereocenters. The van der Waals surface area contributed by atoms with Crippen molar-refractivity contribution < 1.29 is 9.53 Å². The lowest BCUT2D eigenvalue weighted by atomic mass is 9.68. The van der Waals surface area contributed by atoms with E-state index >= 15 is 0 Å². The molecule has 0 aromatic carbocycles. The first-order chi connectivity index (χ1) is 6.01. The molecule has 74 valence electrons. The van der Waals surface area contributed by atoms with E-state index in [0.717, 1.165) is 18.3 Å². The van der Waals surface area contributed by atoms with E-state index in [0.29, 0.717) is 0 Å². The van der Waals surface area contributed by atoms with Crippen molar-refractivity contribution in [3.8, 4) is 0 Å². The Bertz CT molecular complexity index is 228. The Kier molecular flexibility index (Phi) is 2.91. The maximum atomic E-state index is 10.9. The minimum atomic E-state index is 0.0290. The number of carbonyl (C=O) groups is 1. The van der Waals surface area contributed by atoms with Crippen LogP contribution in [0.1, 0.15) is 27.2 Å². The normalized spacial score (nSPS) is 32.5. The number of carbonyl (C=O) groups excluding carboxylic acids is 1. The van der Waals surface area contributed by atoms with Crippen molar-refractivity contribution in [3.63, 3.8) is 0 Å². The largest absolute Gasteiger partial charge is 0.377 e. The second-order valence-corrected chi connectivity index (χ2v) is 4.49. The number of methoxy groups -OCH3 is 1. The third kappa shape index (κ3) is 1.99. The molecule has 0 N–H and O–H groups in total. The Morgan fingerprint density at radius 2 is 2.23 bits per heavy atom. The molecule has 0 spiro atoms. The van der Waals surface area contributed by atoms with Crippen LogP contribution < -0.4 is 0 Å². The number of rotatable bonds is 2. The lowest BCUT2D eigenvalue weighted by molar-refractivity contribution is -0.113. The summed E-state index contributed by atoms with van der Waals surface area (Å²) in [6, 6.07) is 0. The molecule has 2 unspecified atom stereocenters. The van der Waals surface area contributed by atoms with Gasteiger partial charge in [-0.2, -0.15) is 0 Å². The molecule has 0 aliphatic heterocycles. The van der Waals surface area contributed by atoms with Crippen LogP contribution >= 0.6 is 0 Å². The predicted octanol–water partition coefficient (Wildman–Crippen LogP) is 2.19. The van der Waals surface area contributed by atoms with E-state index in [1.165, 1.54) is 0 Å². The van der Waals surface area contributed by atoms with Gasteiger partial charge in [0.1, 0.15) is 6.29 Å². The summed E-state index contributed by atoms with van der Waals surface area (Å²) in [6.45, 7) is 6.25. The van der Waals surface area contributed by atoms with Crippen LogP contribution in [0, 0.1) is 11.3 Å². The first-order valence-electron chi connectivity index (χ1n) is 4.67. The molecule has 2 nitrogen and oxygen atoms in total. The van der Waals surface area contributed by atoms with E-state index in [4.69, 9.17) is 4.74 Å². The van der Waals surface area contributed by atoms with Gasteiger partial charge in [0.05, 0.1) is 6.10 Å². The van der Waals surface area contributed by atoms with E-state index in [9.17, 15) is 4.79 Å². The standard InChI is InChI=1S/C11H18O2/c1-8-5-9(13-4)6-11(2,3)10(8)7-12/h5,7,9-10H,6H2,1-4H3. The molecule has 13 heavy (non-hydrogen) atoms. The molecule has 0 saturated heterocycles. The number of aldehydes is 1. The summed E-state index contributed by atoms with van der Waals surface area (Å²) in [5.41, 5.74) is 1.17. The first-order valence-corrected chi connectivity index (χ1v) is 4.67. The first kappa shape index (κ1) is 10.5. The van der Waals surface area contributed by atoms with E-state index in [2.05, 4.69) is 19.9 Å². The monoisotopic (exact) mass is 182 g/mol. The molecule has 1 aliphatic carbocycles. The smallest absolute Gasteiger partial charge is 0.127 e.